The number of likely N-dealkylation sites (tertiary alicyclic amines) is 1. The molecule has 5 nitrogen and oxygen atoms in total. The Hall–Kier alpha value is -1.80. The molecule has 0 saturated carbocycles. The van der Waals surface area contributed by atoms with Gasteiger partial charge in [0, 0.05) is 12.2 Å². The number of ether oxygens (including phenoxy) is 1. The topological polar surface area (TPSA) is 62.9 Å². The van der Waals surface area contributed by atoms with Gasteiger partial charge < -0.3 is 15.8 Å². The largest absolute Gasteiger partial charge is 0.497 e. The third kappa shape index (κ3) is 6.98. The van der Waals surface area contributed by atoms with Gasteiger partial charge in [0.25, 0.3) is 0 Å². The number of nitrogens with zero attached hydrogens (tertiary/aromatic N) is 2. The molecule has 28 heavy (non-hydrogen) atoms. The number of piperidine rings is 1. The van der Waals surface area contributed by atoms with Crippen LogP contribution in [0, 0.1) is 5.92 Å². The van der Waals surface area contributed by atoms with E-state index in [1.807, 2.05) is 24.3 Å². The number of nitrogens with two attached hydrogens (primary N) is 1. The highest BCUT2D eigenvalue weighted by Gasteiger charge is 2.15. The molecule has 0 aliphatic carbocycles. The van der Waals surface area contributed by atoms with E-state index >= 15 is 0 Å². The molecule has 0 radical (unpaired) electrons. The van der Waals surface area contributed by atoms with Crippen LogP contribution in [0.4, 0.5) is 5.69 Å². The van der Waals surface area contributed by atoms with Gasteiger partial charge in [0.05, 0.1) is 13.7 Å². The molecular formula is C22H31IN4O. The highest BCUT2D eigenvalue weighted by molar-refractivity contribution is 14.0. The van der Waals surface area contributed by atoms with Crippen molar-refractivity contribution in [3.63, 3.8) is 0 Å². The SMILES string of the molecule is COc1ccc(NC(N)=NCc2cccc(CN3CCC(C)CC3)c2)cc1.I. The zero-order valence-electron chi connectivity index (χ0n) is 16.7. The molecule has 152 valence electrons. The van der Waals surface area contributed by atoms with E-state index in [1.54, 1.807) is 7.11 Å². The molecule has 1 heterocycles. The molecule has 3 N–H and O–H groups in total. The number of nitrogens with one attached hydrogen (secondary N) is 1. The normalized spacial score (nSPS) is 15.7. The number of methoxy groups -OCH3 is 1. The minimum absolute atomic E-state index is 0. The second kappa shape index (κ2) is 11.3. The number of hydrogen-bond acceptors (Lipinski definition) is 3. The maximum atomic E-state index is 6.02. The maximum Gasteiger partial charge on any atom is 0.193 e. The first-order valence-corrected chi connectivity index (χ1v) is 9.63. The second-order valence-corrected chi connectivity index (χ2v) is 7.33. The minimum atomic E-state index is 0. The number of anilines is 1. The minimum Gasteiger partial charge on any atom is -0.497 e. The third-order valence-corrected chi connectivity index (χ3v) is 5.07. The molecule has 0 atom stereocenters. The molecule has 6 heteroatoms. The van der Waals surface area contributed by atoms with Crippen molar-refractivity contribution in [1.82, 2.24) is 4.90 Å². The molecule has 3 rings (SSSR count). The lowest BCUT2D eigenvalue weighted by molar-refractivity contribution is 0.185. The van der Waals surface area contributed by atoms with Crippen LogP contribution in [0.3, 0.4) is 0 Å². The lowest BCUT2D eigenvalue weighted by Crippen LogP contribution is -2.32. The predicted molar refractivity (Wildman–Crippen MR) is 127 cm³/mol. The molecule has 0 aromatic heterocycles. The van der Waals surface area contributed by atoms with Gasteiger partial charge in [-0.2, -0.15) is 0 Å². The van der Waals surface area contributed by atoms with Gasteiger partial charge in [0.2, 0.25) is 0 Å². The lowest BCUT2D eigenvalue weighted by atomic mass is 9.98. The Labute approximate surface area is 185 Å². The molecule has 0 spiro atoms. The van der Waals surface area contributed by atoms with Crippen LogP contribution in [-0.2, 0) is 13.1 Å². The molecule has 2 aromatic rings. The summed E-state index contributed by atoms with van der Waals surface area (Å²) in [5.41, 5.74) is 9.44. The Kier molecular flexibility index (Phi) is 9.05. The first kappa shape index (κ1) is 22.5. The van der Waals surface area contributed by atoms with Gasteiger partial charge in [-0.05, 0) is 67.2 Å². The van der Waals surface area contributed by atoms with Crippen LogP contribution in [0.2, 0.25) is 0 Å². The van der Waals surface area contributed by atoms with Gasteiger partial charge in [-0.1, -0.05) is 31.2 Å². The van der Waals surface area contributed by atoms with Crippen molar-refractivity contribution in [2.24, 2.45) is 16.6 Å². The van der Waals surface area contributed by atoms with Crippen molar-refractivity contribution in [2.45, 2.75) is 32.9 Å². The summed E-state index contributed by atoms with van der Waals surface area (Å²) < 4.78 is 5.16. The second-order valence-electron chi connectivity index (χ2n) is 7.33. The van der Waals surface area contributed by atoms with E-state index in [-0.39, 0.29) is 24.0 Å². The van der Waals surface area contributed by atoms with E-state index < -0.39 is 0 Å². The molecule has 1 aliphatic heterocycles. The van der Waals surface area contributed by atoms with E-state index in [2.05, 4.69) is 46.4 Å². The smallest absolute Gasteiger partial charge is 0.193 e. The van der Waals surface area contributed by atoms with Gasteiger partial charge in [-0.3, -0.25) is 4.90 Å². The van der Waals surface area contributed by atoms with Crippen LogP contribution in [0.25, 0.3) is 0 Å². The van der Waals surface area contributed by atoms with Crippen LogP contribution in [0.1, 0.15) is 30.9 Å². The number of benzene rings is 2. The number of halogens is 1. The van der Waals surface area contributed by atoms with Gasteiger partial charge in [0.1, 0.15) is 5.75 Å². The van der Waals surface area contributed by atoms with Crippen molar-refractivity contribution in [2.75, 3.05) is 25.5 Å². The monoisotopic (exact) mass is 494 g/mol. The number of aliphatic imine (C=N–C) groups is 1. The summed E-state index contributed by atoms with van der Waals surface area (Å²) in [7, 11) is 1.65. The summed E-state index contributed by atoms with van der Waals surface area (Å²) in [5.74, 6) is 2.09. The quantitative estimate of drug-likeness (QED) is 0.354. The molecule has 0 amide bonds. The van der Waals surface area contributed by atoms with Gasteiger partial charge in [-0.15, -0.1) is 24.0 Å². The Morgan fingerprint density at radius 3 is 2.50 bits per heavy atom. The Bertz CT molecular complexity index is 755. The fourth-order valence-electron chi connectivity index (χ4n) is 3.34. The van der Waals surface area contributed by atoms with Crippen LogP contribution in [0.5, 0.6) is 5.75 Å². The van der Waals surface area contributed by atoms with Crippen LogP contribution in [0.15, 0.2) is 53.5 Å². The van der Waals surface area contributed by atoms with Crippen LogP contribution >= 0.6 is 24.0 Å². The summed E-state index contributed by atoms with van der Waals surface area (Å²) in [4.78, 5) is 7.01. The molecule has 1 fully saturated rings. The molecule has 2 aromatic carbocycles. The summed E-state index contributed by atoms with van der Waals surface area (Å²) in [5, 5.41) is 3.11. The first-order valence-electron chi connectivity index (χ1n) is 9.63. The van der Waals surface area contributed by atoms with Crippen molar-refractivity contribution < 1.29 is 4.74 Å². The highest BCUT2D eigenvalue weighted by Crippen LogP contribution is 2.19. The van der Waals surface area contributed by atoms with Crippen LogP contribution < -0.4 is 15.8 Å². The molecule has 0 unspecified atom stereocenters. The zero-order chi connectivity index (χ0) is 19.1. The first-order chi connectivity index (χ1) is 13.1. The van der Waals surface area contributed by atoms with Gasteiger partial charge in [0.15, 0.2) is 5.96 Å². The highest BCUT2D eigenvalue weighted by atomic mass is 127. The molecule has 1 aliphatic rings. The standard InChI is InChI=1S/C22H30N4O.HI/c1-17-10-12-26(13-11-17)16-19-5-3-4-18(14-19)15-24-22(23)25-20-6-8-21(27-2)9-7-20;/h3-9,14,17H,10-13,15-16H2,1-2H3,(H3,23,24,25);1H. The van der Waals surface area contributed by atoms with Crippen molar-refractivity contribution >= 4 is 35.6 Å². The number of hydrogen-bond donors (Lipinski definition) is 2. The lowest BCUT2D eigenvalue weighted by Gasteiger charge is -2.30. The number of guanidine groups is 1. The average molecular weight is 494 g/mol. The van der Waals surface area contributed by atoms with Gasteiger partial charge in [-0.25, -0.2) is 4.99 Å². The summed E-state index contributed by atoms with van der Waals surface area (Å²) >= 11 is 0. The average Bonchev–Trinajstić information content (AvgIpc) is 2.69. The van der Waals surface area contributed by atoms with E-state index in [0.29, 0.717) is 12.5 Å². The van der Waals surface area contributed by atoms with E-state index in [1.165, 1.54) is 37.1 Å². The van der Waals surface area contributed by atoms with Crippen LogP contribution in [-0.4, -0.2) is 31.1 Å². The Balaban J connectivity index is 0.00000280. The fraction of sp³-hybridized carbons (Fsp3) is 0.409. The van der Waals surface area contributed by atoms with E-state index in [4.69, 9.17) is 10.5 Å². The zero-order valence-corrected chi connectivity index (χ0v) is 19.1. The molecule has 1 saturated heterocycles. The van der Waals surface area contributed by atoms with Crippen molar-refractivity contribution in [3.8, 4) is 5.75 Å². The molecule has 0 bridgehead atoms. The maximum absolute atomic E-state index is 6.02. The number of rotatable bonds is 6. The van der Waals surface area contributed by atoms with Crippen molar-refractivity contribution in [1.29, 1.82) is 0 Å². The third-order valence-electron chi connectivity index (χ3n) is 5.07. The molecular weight excluding hydrogens is 463 g/mol. The van der Waals surface area contributed by atoms with E-state index in [0.717, 1.165) is 23.9 Å². The summed E-state index contributed by atoms with van der Waals surface area (Å²) in [6.45, 7) is 6.33. The fourth-order valence-corrected chi connectivity index (χ4v) is 3.34. The Morgan fingerprint density at radius 2 is 1.82 bits per heavy atom. The van der Waals surface area contributed by atoms with E-state index in [9.17, 15) is 0 Å². The predicted octanol–water partition coefficient (Wildman–Crippen LogP) is 4.47. The Morgan fingerprint density at radius 1 is 1.14 bits per heavy atom. The van der Waals surface area contributed by atoms with Gasteiger partial charge >= 0.3 is 0 Å². The van der Waals surface area contributed by atoms with Crippen molar-refractivity contribution in [3.05, 3.63) is 59.7 Å². The summed E-state index contributed by atoms with van der Waals surface area (Å²) in [6.07, 6.45) is 2.61. The summed E-state index contributed by atoms with van der Waals surface area (Å²) in [6, 6.07) is 16.3.